The first-order valence-electron chi connectivity index (χ1n) is 7.13. The van der Waals surface area contributed by atoms with Crippen molar-refractivity contribution in [1.82, 2.24) is 4.57 Å². The van der Waals surface area contributed by atoms with Crippen LogP contribution in [0.25, 0.3) is 0 Å². The molecule has 1 aromatic heterocycles. The van der Waals surface area contributed by atoms with E-state index in [1.807, 2.05) is 12.3 Å². The van der Waals surface area contributed by atoms with Crippen LogP contribution in [0.5, 0.6) is 0 Å². The molecular weight excluding hydrogens is 240 g/mol. The molecule has 0 amide bonds. The van der Waals surface area contributed by atoms with Crippen molar-refractivity contribution in [2.24, 2.45) is 0 Å². The van der Waals surface area contributed by atoms with E-state index >= 15 is 0 Å². The highest BCUT2D eigenvalue weighted by Crippen LogP contribution is 2.28. The molecule has 4 heteroatoms. The number of hydrogen-bond acceptors (Lipinski definition) is 3. The second-order valence-corrected chi connectivity index (χ2v) is 5.05. The van der Waals surface area contributed by atoms with E-state index in [9.17, 15) is 4.79 Å². The number of rotatable bonds is 2. The molecule has 0 atom stereocenters. The molecule has 1 saturated carbocycles. The summed E-state index contributed by atoms with van der Waals surface area (Å²) in [5.74, 6) is 0. The quantitative estimate of drug-likeness (QED) is 0.895. The first-order valence-corrected chi connectivity index (χ1v) is 7.13. The van der Waals surface area contributed by atoms with Gasteiger partial charge in [0.15, 0.2) is 0 Å². The standard InChI is InChI=1S/C12H18N2O2.C3H8/c1-16-10-6-4-9(5-7-10)14-8-2-3-11(13)12(14)15;1-3-2/h2-3,8-10H,4-7,13H2,1H3;3H2,1-2H3. The van der Waals surface area contributed by atoms with E-state index in [2.05, 4.69) is 13.8 Å². The second-order valence-electron chi connectivity index (χ2n) is 5.05. The van der Waals surface area contributed by atoms with Crippen LogP contribution in [-0.4, -0.2) is 17.8 Å². The van der Waals surface area contributed by atoms with Crippen LogP contribution < -0.4 is 11.3 Å². The van der Waals surface area contributed by atoms with E-state index in [4.69, 9.17) is 10.5 Å². The van der Waals surface area contributed by atoms with E-state index < -0.39 is 0 Å². The van der Waals surface area contributed by atoms with Gasteiger partial charge in [-0.15, -0.1) is 0 Å². The summed E-state index contributed by atoms with van der Waals surface area (Å²) >= 11 is 0. The smallest absolute Gasteiger partial charge is 0.273 e. The Morgan fingerprint density at radius 2 is 1.89 bits per heavy atom. The molecular formula is C15H26N2O2. The molecule has 2 N–H and O–H groups in total. The molecule has 1 aliphatic rings. The van der Waals surface area contributed by atoms with Gasteiger partial charge >= 0.3 is 0 Å². The third-order valence-electron chi connectivity index (χ3n) is 3.37. The van der Waals surface area contributed by atoms with Gasteiger partial charge in [0.05, 0.1) is 11.8 Å². The van der Waals surface area contributed by atoms with Gasteiger partial charge in [-0.05, 0) is 37.8 Å². The zero-order valence-electron chi connectivity index (χ0n) is 12.3. The Labute approximate surface area is 115 Å². The summed E-state index contributed by atoms with van der Waals surface area (Å²) < 4.78 is 7.08. The topological polar surface area (TPSA) is 57.2 Å². The van der Waals surface area contributed by atoms with Crippen molar-refractivity contribution < 1.29 is 4.74 Å². The van der Waals surface area contributed by atoms with Crippen molar-refractivity contribution in [2.75, 3.05) is 12.8 Å². The normalized spacial score (nSPS) is 22.5. The van der Waals surface area contributed by atoms with E-state index in [0.717, 1.165) is 25.7 Å². The lowest BCUT2D eigenvalue weighted by Crippen LogP contribution is -2.30. The van der Waals surface area contributed by atoms with Crippen LogP contribution >= 0.6 is 0 Å². The molecule has 108 valence electrons. The van der Waals surface area contributed by atoms with Crippen LogP contribution in [0.3, 0.4) is 0 Å². The van der Waals surface area contributed by atoms with Gasteiger partial charge in [0.1, 0.15) is 0 Å². The first-order chi connectivity index (χ1) is 9.13. The minimum atomic E-state index is -0.0663. The van der Waals surface area contributed by atoms with Gasteiger partial charge in [-0.25, -0.2) is 0 Å². The SMILES string of the molecule is CCC.COC1CCC(n2cccc(N)c2=O)CC1. The number of methoxy groups -OCH3 is 1. The number of nitrogen functional groups attached to an aromatic ring is 1. The van der Waals surface area contributed by atoms with Crippen LogP contribution in [0.4, 0.5) is 5.69 Å². The van der Waals surface area contributed by atoms with Crippen molar-refractivity contribution in [2.45, 2.75) is 58.1 Å². The average Bonchev–Trinajstić information content (AvgIpc) is 2.43. The minimum Gasteiger partial charge on any atom is -0.394 e. The molecule has 0 bridgehead atoms. The summed E-state index contributed by atoms with van der Waals surface area (Å²) in [5.41, 5.74) is 5.89. The maximum Gasteiger partial charge on any atom is 0.273 e. The van der Waals surface area contributed by atoms with Gasteiger partial charge in [0.25, 0.3) is 5.56 Å². The largest absolute Gasteiger partial charge is 0.394 e. The van der Waals surface area contributed by atoms with Crippen LogP contribution in [0.2, 0.25) is 0 Å². The van der Waals surface area contributed by atoms with Crippen molar-refractivity contribution >= 4 is 5.69 Å². The van der Waals surface area contributed by atoms with Crippen LogP contribution in [0.1, 0.15) is 52.0 Å². The molecule has 1 fully saturated rings. The third-order valence-corrected chi connectivity index (χ3v) is 3.37. The number of nitrogens with two attached hydrogens (primary N) is 1. The van der Waals surface area contributed by atoms with Crippen molar-refractivity contribution in [3.63, 3.8) is 0 Å². The van der Waals surface area contributed by atoms with Gasteiger partial charge in [0.2, 0.25) is 0 Å². The predicted octanol–water partition coefficient (Wildman–Crippen LogP) is 2.98. The van der Waals surface area contributed by atoms with Crippen molar-refractivity contribution in [3.05, 3.63) is 28.7 Å². The van der Waals surface area contributed by atoms with E-state index in [1.165, 1.54) is 6.42 Å². The van der Waals surface area contributed by atoms with E-state index in [0.29, 0.717) is 11.8 Å². The molecule has 0 saturated heterocycles. The summed E-state index contributed by atoms with van der Waals surface area (Å²) in [6.45, 7) is 4.25. The summed E-state index contributed by atoms with van der Waals surface area (Å²) in [4.78, 5) is 11.8. The fourth-order valence-electron chi connectivity index (χ4n) is 2.37. The number of anilines is 1. The predicted molar refractivity (Wildman–Crippen MR) is 79.4 cm³/mol. The molecule has 19 heavy (non-hydrogen) atoms. The minimum absolute atomic E-state index is 0.0663. The molecule has 0 unspecified atom stereocenters. The highest BCUT2D eigenvalue weighted by atomic mass is 16.5. The molecule has 0 radical (unpaired) electrons. The maximum absolute atomic E-state index is 11.8. The number of nitrogens with zero attached hydrogens (tertiary/aromatic N) is 1. The van der Waals surface area contributed by atoms with E-state index in [-0.39, 0.29) is 11.6 Å². The zero-order valence-corrected chi connectivity index (χ0v) is 12.3. The highest BCUT2D eigenvalue weighted by Gasteiger charge is 2.22. The molecule has 0 spiro atoms. The monoisotopic (exact) mass is 266 g/mol. The van der Waals surface area contributed by atoms with Crippen LogP contribution in [0.15, 0.2) is 23.1 Å². The lowest BCUT2D eigenvalue weighted by atomic mass is 9.92. The third kappa shape index (κ3) is 4.39. The van der Waals surface area contributed by atoms with Crippen LogP contribution in [0, 0.1) is 0 Å². The second kappa shape index (κ2) is 8.00. The molecule has 4 nitrogen and oxygen atoms in total. The number of aromatic nitrogens is 1. The lowest BCUT2D eigenvalue weighted by Gasteiger charge is -2.28. The summed E-state index contributed by atoms with van der Waals surface area (Å²) in [5, 5.41) is 0. The fraction of sp³-hybridized carbons (Fsp3) is 0.667. The molecule has 1 heterocycles. The number of hydrogen-bond donors (Lipinski definition) is 1. The van der Waals surface area contributed by atoms with Crippen LogP contribution in [-0.2, 0) is 4.74 Å². The Hall–Kier alpha value is -1.29. The maximum atomic E-state index is 11.8. The van der Waals surface area contributed by atoms with Crippen molar-refractivity contribution in [3.8, 4) is 0 Å². The zero-order chi connectivity index (χ0) is 14.3. The Morgan fingerprint density at radius 1 is 1.32 bits per heavy atom. The van der Waals surface area contributed by atoms with E-state index in [1.54, 1.807) is 17.7 Å². The van der Waals surface area contributed by atoms with Crippen molar-refractivity contribution in [1.29, 1.82) is 0 Å². The molecule has 0 aliphatic heterocycles. The van der Waals surface area contributed by atoms with Gasteiger partial charge in [-0.3, -0.25) is 4.79 Å². The Bertz CT molecular complexity index is 420. The first kappa shape index (κ1) is 15.8. The molecule has 0 aromatic carbocycles. The van der Waals surface area contributed by atoms with Gasteiger partial charge in [0, 0.05) is 19.3 Å². The summed E-state index contributed by atoms with van der Waals surface area (Å²) in [6.07, 6.45) is 7.44. The van der Waals surface area contributed by atoms with Gasteiger partial charge in [-0.2, -0.15) is 0 Å². The summed E-state index contributed by atoms with van der Waals surface area (Å²) in [7, 11) is 1.75. The van der Waals surface area contributed by atoms with Gasteiger partial charge < -0.3 is 15.0 Å². The number of pyridine rings is 1. The average molecular weight is 266 g/mol. The molecule has 1 aliphatic carbocycles. The number of ether oxygens (including phenoxy) is 1. The Morgan fingerprint density at radius 3 is 2.42 bits per heavy atom. The highest BCUT2D eigenvalue weighted by molar-refractivity contribution is 5.33. The molecule has 2 rings (SSSR count). The van der Waals surface area contributed by atoms with Gasteiger partial charge in [-0.1, -0.05) is 20.3 Å². The fourth-order valence-corrected chi connectivity index (χ4v) is 2.37. The molecule has 1 aromatic rings. The Balaban J connectivity index is 0.000000550. The lowest BCUT2D eigenvalue weighted by molar-refractivity contribution is 0.0580. The Kier molecular flexibility index (Phi) is 6.64. The summed E-state index contributed by atoms with van der Waals surface area (Å²) in [6, 6.07) is 3.76.